The SMILES string of the molecule is CC[C@@H](C)NCc1ccc(-c2ccc(F)c(Cl)c2)o1. The van der Waals surface area contributed by atoms with Gasteiger partial charge in [0.1, 0.15) is 17.3 Å². The van der Waals surface area contributed by atoms with E-state index in [9.17, 15) is 4.39 Å². The Bertz CT molecular complexity index is 553. The maximum absolute atomic E-state index is 13.1. The van der Waals surface area contributed by atoms with E-state index in [1.54, 1.807) is 12.1 Å². The zero-order valence-electron chi connectivity index (χ0n) is 11.0. The molecule has 1 aromatic carbocycles. The van der Waals surface area contributed by atoms with E-state index in [4.69, 9.17) is 16.0 Å². The lowest BCUT2D eigenvalue weighted by molar-refractivity contribution is 0.456. The third-order valence-electron chi connectivity index (χ3n) is 3.10. The van der Waals surface area contributed by atoms with Gasteiger partial charge in [-0.25, -0.2) is 4.39 Å². The molecule has 2 aromatic rings. The maximum atomic E-state index is 13.1. The van der Waals surface area contributed by atoms with Crippen LogP contribution in [0.2, 0.25) is 5.02 Å². The van der Waals surface area contributed by atoms with Crippen molar-refractivity contribution in [2.75, 3.05) is 0 Å². The van der Waals surface area contributed by atoms with E-state index in [1.807, 2.05) is 12.1 Å². The number of nitrogens with one attached hydrogen (secondary N) is 1. The summed E-state index contributed by atoms with van der Waals surface area (Å²) in [6.45, 7) is 4.94. The maximum Gasteiger partial charge on any atom is 0.141 e. The van der Waals surface area contributed by atoms with E-state index in [0.29, 0.717) is 18.3 Å². The number of halogens is 2. The first-order valence-electron chi connectivity index (χ1n) is 6.37. The molecule has 0 saturated carbocycles. The number of hydrogen-bond donors (Lipinski definition) is 1. The molecule has 0 aliphatic heterocycles. The summed E-state index contributed by atoms with van der Waals surface area (Å²) in [6, 6.07) is 8.82. The molecule has 0 saturated heterocycles. The molecule has 2 nitrogen and oxygen atoms in total. The third-order valence-corrected chi connectivity index (χ3v) is 3.39. The van der Waals surface area contributed by atoms with Crippen LogP contribution < -0.4 is 5.32 Å². The van der Waals surface area contributed by atoms with Gasteiger partial charge < -0.3 is 9.73 Å². The molecule has 1 atom stereocenters. The van der Waals surface area contributed by atoms with Crippen LogP contribution in [0.5, 0.6) is 0 Å². The van der Waals surface area contributed by atoms with Gasteiger partial charge in [-0.1, -0.05) is 18.5 Å². The zero-order valence-corrected chi connectivity index (χ0v) is 11.8. The fourth-order valence-electron chi connectivity index (χ4n) is 1.70. The summed E-state index contributed by atoms with van der Waals surface area (Å²) in [4.78, 5) is 0. The monoisotopic (exact) mass is 281 g/mol. The largest absolute Gasteiger partial charge is 0.460 e. The van der Waals surface area contributed by atoms with Gasteiger partial charge in [0.25, 0.3) is 0 Å². The van der Waals surface area contributed by atoms with Gasteiger partial charge in [-0.05, 0) is 43.7 Å². The van der Waals surface area contributed by atoms with Crippen LogP contribution in [0.4, 0.5) is 4.39 Å². The third kappa shape index (κ3) is 3.58. The van der Waals surface area contributed by atoms with E-state index in [2.05, 4.69) is 19.2 Å². The Labute approximate surface area is 117 Å². The van der Waals surface area contributed by atoms with Gasteiger partial charge in [-0.2, -0.15) is 0 Å². The Balaban J connectivity index is 2.09. The number of benzene rings is 1. The van der Waals surface area contributed by atoms with Gasteiger partial charge in [0.2, 0.25) is 0 Å². The smallest absolute Gasteiger partial charge is 0.141 e. The molecule has 0 unspecified atom stereocenters. The van der Waals surface area contributed by atoms with Crippen LogP contribution in [-0.2, 0) is 6.54 Å². The predicted octanol–water partition coefficient (Wildman–Crippen LogP) is 4.63. The van der Waals surface area contributed by atoms with E-state index in [0.717, 1.165) is 17.7 Å². The molecular weight excluding hydrogens is 265 g/mol. The minimum Gasteiger partial charge on any atom is -0.460 e. The topological polar surface area (TPSA) is 25.2 Å². The summed E-state index contributed by atoms with van der Waals surface area (Å²) in [7, 11) is 0. The first-order chi connectivity index (χ1) is 9.10. The van der Waals surface area contributed by atoms with E-state index >= 15 is 0 Å². The Kier molecular flexibility index (Phi) is 4.61. The van der Waals surface area contributed by atoms with Crippen LogP contribution in [0, 0.1) is 5.82 Å². The molecule has 1 N–H and O–H groups in total. The molecule has 0 spiro atoms. The molecule has 1 aromatic heterocycles. The first-order valence-corrected chi connectivity index (χ1v) is 6.75. The van der Waals surface area contributed by atoms with Gasteiger partial charge in [0.15, 0.2) is 0 Å². The zero-order chi connectivity index (χ0) is 13.8. The van der Waals surface area contributed by atoms with Crippen LogP contribution >= 0.6 is 11.6 Å². The first kappa shape index (κ1) is 14.1. The van der Waals surface area contributed by atoms with Crippen LogP contribution in [0.25, 0.3) is 11.3 Å². The lowest BCUT2D eigenvalue weighted by atomic mass is 10.2. The Morgan fingerprint density at radius 3 is 2.79 bits per heavy atom. The standard InChI is InChI=1S/C15H17ClFNO/c1-3-10(2)18-9-12-5-7-15(19-12)11-4-6-14(17)13(16)8-11/h4-8,10,18H,3,9H2,1-2H3/t10-/m1/s1. The Morgan fingerprint density at radius 2 is 2.11 bits per heavy atom. The van der Waals surface area contributed by atoms with Crippen molar-refractivity contribution < 1.29 is 8.81 Å². The highest BCUT2D eigenvalue weighted by molar-refractivity contribution is 6.31. The molecule has 19 heavy (non-hydrogen) atoms. The van der Waals surface area contributed by atoms with Crippen molar-refractivity contribution in [2.45, 2.75) is 32.9 Å². The molecule has 0 fully saturated rings. The van der Waals surface area contributed by atoms with E-state index in [1.165, 1.54) is 6.07 Å². The summed E-state index contributed by atoms with van der Waals surface area (Å²) < 4.78 is 18.8. The van der Waals surface area contributed by atoms with Gasteiger partial charge in [0, 0.05) is 11.6 Å². The average Bonchev–Trinajstić information content (AvgIpc) is 2.88. The van der Waals surface area contributed by atoms with Gasteiger partial charge in [-0.15, -0.1) is 0 Å². The van der Waals surface area contributed by atoms with Crippen LogP contribution in [0.3, 0.4) is 0 Å². The average molecular weight is 282 g/mol. The molecule has 1 heterocycles. The molecular formula is C15H17ClFNO. The fourth-order valence-corrected chi connectivity index (χ4v) is 1.88. The van der Waals surface area contributed by atoms with Crippen molar-refractivity contribution >= 4 is 11.6 Å². The van der Waals surface area contributed by atoms with E-state index in [-0.39, 0.29) is 5.02 Å². The Morgan fingerprint density at radius 1 is 1.32 bits per heavy atom. The highest BCUT2D eigenvalue weighted by Gasteiger charge is 2.08. The lowest BCUT2D eigenvalue weighted by Crippen LogP contribution is -2.24. The minimum absolute atomic E-state index is 0.105. The Hall–Kier alpha value is -1.32. The van der Waals surface area contributed by atoms with Crippen molar-refractivity contribution in [3.05, 3.63) is 46.9 Å². The lowest BCUT2D eigenvalue weighted by Gasteiger charge is -2.09. The molecule has 0 aliphatic rings. The minimum atomic E-state index is -0.421. The van der Waals surface area contributed by atoms with Crippen LogP contribution in [0.1, 0.15) is 26.0 Å². The fraction of sp³-hybridized carbons (Fsp3) is 0.333. The second-order valence-corrected chi connectivity index (χ2v) is 4.99. The number of furan rings is 1. The predicted molar refractivity (Wildman–Crippen MR) is 75.7 cm³/mol. The molecule has 0 bridgehead atoms. The van der Waals surface area contributed by atoms with Crippen molar-refractivity contribution in [3.8, 4) is 11.3 Å². The number of hydrogen-bond acceptors (Lipinski definition) is 2. The molecule has 4 heteroatoms. The molecule has 2 rings (SSSR count). The highest BCUT2D eigenvalue weighted by Crippen LogP contribution is 2.26. The molecule has 0 radical (unpaired) electrons. The van der Waals surface area contributed by atoms with Crippen LogP contribution in [0.15, 0.2) is 34.7 Å². The molecule has 0 amide bonds. The van der Waals surface area contributed by atoms with Crippen molar-refractivity contribution in [1.29, 1.82) is 0 Å². The number of rotatable bonds is 5. The van der Waals surface area contributed by atoms with Gasteiger partial charge in [-0.3, -0.25) is 0 Å². The van der Waals surface area contributed by atoms with E-state index < -0.39 is 5.82 Å². The van der Waals surface area contributed by atoms with Gasteiger partial charge >= 0.3 is 0 Å². The molecule has 0 aliphatic carbocycles. The van der Waals surface area contributed by atoms with Crippen molar-refractivity contribution in [3.63, 3.8) is 0 Å². The second-order valence-electron chi connectivity index (χ2n) is 4.59. The highest BCUT2D eigenvalue weighted by atomic mass is 35.5. The summed E-state index contributed by atoms with van der Waals surface area (Å²) in [5.74, 6) is 1.13. The van der Waals surface area contributed by atoms with Crippen LogP contribution in [-0.4, -0.2) is 6.04 Å². The summed E-state index contributed by atoms with van der Waals surface area (Å²) >= 11 is 5.76. The van der Waals surface area contributed by atoms with Gasteiger partial charge in [0.05, 0.1) is 11.6 Å². The quantitative estimate of drug-likeness (QED) is 0.864. The second kappa shape index (κ2) is 6.22. The normalized spacial score (nSPS) is 12.6. The van der Waals surface area contributed by atoms with Crippen molar-refractivity contribution in [2.24, 2.45) is 0 Å². The van der Waals surface area contributed by atoms with Crippen molar-refractivity contribution in [1.82, 2.24) is 5.32 Å². The molecule has 102 valence electrons. The summed E-state index contributed by atoms with van der Waals surface area (Å²) in [5, 5.41) is 3.46. The summed E-state index contributed by atoms with van der Waals surface area (Å²) in [5.41, 5.74) is 0.779. The summed E-state index contributed by atoms with van der Waals surface area (Å²) in [6.07, 6.45) is 1.07.